The minimum absolute atomic E-state index is 0.0335. The number of ether oxygens (including phenoxy) is 1. The molecular formula is C22H25BrClN5O4. The summed E-state index contributed by atoms with van der Waals surface area (Å²) in [6.45, 7) is 2.25. The van der Waals surface area contributed by atoms with E-state index in [1.54, 1.807) is 0 Å². The molecule has 2 amide bonds. The predicted molar refractivity (Wildman–Crippen MR) is 128 cm³/mol. The normalized spacial score (nSPS) is 18.9. The summed E-state index contributed by atoms with van der Waals surface area (Å²) in [7, 11) is 0. The maximum atomic E-state index is 12.6. The molecule has 0 saturated carbocycles. The standard InChI is InChI=1S/C22H25BrClN5O4/c23-17-4-2-1-3-14(17)11-19(30)28-8-5-15(6-9-28)26-22(32)33-16-7-10-29(13-16)18-12-25-27-21(31)20(18)24/h1-4,12,15-16H,5-11,13H2,(H,26,32)(H,27,31). The Kier molecular flexibility index (Phi) is 7.54. The van der Waals surface area contributed by atoms with Gasteiger partial charge in [0, 0.05) is 36.6 Å². The van der Waals surface area contributed by atoms with Gasteiger partial charge in [0.25, 0.3) is 5.56 Å². The van der Waals surface area contributed by atoms with Crippen molar-refractivity contribution >= 4 is 45.2 Å². The first-order chi connectivity index (χ1) is 15.9. The van der Waals surface area contributed by atoms with Crippen LogP contribution in [0.25, 0.3) is 0 Å². The lowest BCUT2D eigenvalue weighted by molar-refractivity contribution is -0.131. The van der Waals surface area contributed by atoms with Gasteiger partial charge in [-0.05, 0) is 24.5 Å². The van der Waals surface area contributed by atoms with Crippen LogP contribution in [-0.4, -0.2) is 65.4 Å². The summed E-state index contributed by atoms with van der Waals surface area (Å²) in [4.78, 5) is 40.4. The molecule has 2 aliphatic heterocycles. The van der Waals surface area contributed by atoms with E-state index in [-0.39, 0.29) is 23.1 Å². The number of hydrogen-bond acceptors (Lipinski definition) is 6. The van der Waals surface area contributed by atoms with Gasteiger partial charge in [0.15, 0.2) is 0 Å². The predicted octanol–water partition coefficient (Wildman–Crippen LogP) is 2.72. The fourth-order valence-corrected chi connectivity index (χ4v) is 4.82. The lowest BCUT2D eigenvalue weighted by Crippen LogP contribution is -2.47. The van der Waals surface area contributed by atoms with Crippen LogP contribution in [0, 0.1) is 0 Å². The molecule has 1 aromatic heterocycles. The van der Waals surface area contributed by atoms with Crippen LogP contribution in [-0.2, 0) is 16.0 Å². The van der Waals surface area contributed by atoms with Crippen LogP contribution in [0.15, 0.2) is 39.7 Å². The summed E-state index contributed by atoms with van der Waals surface area (Å²) in [5.74, 6) is 0.0851. The van der Waals surface area contributed by atoms with Gasteiger partial charge in [0.05, 0.1) is 24.8 Å². The van der Waals surface area contributed by atoms with E-state index >= 15 is 0 Å². The highest BCUT2D eigenvalue weighted by atomic mass is 79.9. The number of anilines is 1. The van der Waals surface area contributed by atoms with Gasteiger partial charge in [0.2, 0.25) is 5.91 Å². The molecule has 33 heavy (non-hydrogen) atoms. The summed E-state index contributed by atoms with van der Waals surface area (Å²) in [6.07, 6.45) is 3.09. The number of aromatic amines is 1. The number of carbonyl (C=O) groups excluding carboxylic acids is 2. The number of carbonyl (C=O) groups is 2. The summed E-state index contributed by atoms with van der Waals surface area (Å²) in [6, 6.07) is 7.68. The van der Waals surface area contributed by atoms with E-state index in [2.05, 4.69) is 31.4 Å². The molecule has 11 heteroatoms. The van der Waals surface area contributed by atoms with E-state index in [4.69, 9.17) is 16.3 Å². The first-order valence-electron chi connectivity index (χ1n) is 10.9. The smallest absolute Gasteiger partial charge is 0.407 e. The van der Waals surface area contributed by atoms with Crippen molar-refractivity contribution in [2.24, 2.45) is 0 Å². The van der Waals surface area contributed by atoms with E-state index in [0.717, 1.165) is 10.0 Å². The Morgan fingerprint density at radius 1 is 1.21 bits per heavy atom. The van der Waals surface area contributed by atoms with Crippen molar-refractivity contribution < 1.29 is 14.3 Å². The van der Waals surface area contributed by atoms with Crippen LogP contribution in [0.3, 0.4) is 0 Å². The van der Waals surface area contributed by atoms with Crippen LogP contribution in [0.2, 0.25) is 5.02 Å². The number of halogens is 2. The maximum absolute atomic E-state index is 12.6. The number of nitrogens with zero attached hydrogens (tertiary/aromatic N) is 3. The Balaban J connectivity index is 1.20. The number of piperidine rings is 1. The molecule has 9 nitrogen and oxygen atoms in total. The van der Waals surface area contributed by atoms with Gasteiger partial charge in [-0.3, -0.25) is 9.59 Å². The quantitative estimate of drug-likeness (QED) is 0.606. The fourth-order valence-electron chi connectivity index (χ4n) is 4.18. The van der Waals surface area contributed by atoms with Crippen molar-refractivity contribution in [3.63, 3.8) is 0 Å². The molecule has 4 rings (SSSR count). The first-order valence-corrected chi connectivity index (χ1v) is 12.0. The van der Waals surface area contributed by atoms with Gasteiger partial charge in [-0.1, -0.05) is 45.7 Å². The van der Waals surface area contributed by atoms with Gasteiger partial charge in [-0.2, -0.15) is 5.10 Å². The third-order valence-corrected chi connectivity index (χ3v) is 7.14. The Labute approximate surface area is 204 Å². The highest BCUT2D eigenvalue weighted by molar-refractivity contribution is 9.10. The van der Waals surface area contributed by atoms with Gasteiger partial charge in [-0.15, -0.1) is 0 Å². The summed E-state index contributed by atoms with van der Waals surface area (Å²) >= 11 is 9.55. The number of hydrogen-bond donors (Lipinski definition) is 2. The lowest BCUT2D eigenvalue weighted by Gasteiger charge is -2.32. The van der Waals surface area contributed by atoms with Crippen LogP contribution < -0.4 is 15.8 Å². The number of H-pyrrole nitrogens is 1. The Bertz CT molecular complexity index is 1070. The average Bonchev–Trinajstić information content (AvgIpc) is 3.25. The summed E-state index contributed by atoms with van der Waals surface area (Å²) in [5.41, 5.74) is 1.05. The molecule has 2 aromatic rings. The second-order valence-electron chi connectivity index (χ2n) is 8.23. The number of aromatic nitrogens is 2. The zero-order valence-corrected chi connectivity index (χ0v) is 20.3. The van der Waals surface area contributed by atoms with Crippen LogP contribution >= 0.6 is 27.5 Å². The molecule has 3 heterocycles. The molecule has 0 bridgehead atoms. The minimum Gasteiger partial charge on any atom is -0.444 e. The topological polar surface area (TPSA) is 108 Å². The van der Waals surface area contributed by atoms with Crippen molar-refractivity contribution in [2.45, 2.75) is 37.8 Å². The van der Waals surface area contributed by atoms with E-state index in [1.165, 1.54) is 6.20 Å². The number of amides is 2. The van der Waals surface area contributed by atoms with E-state index < -0.39 is 11.7 Å². The van der Waals surface area contributed by atoms with E-state index in [0.29, 0.717) is 57.5 Å². The second kappa shape index (κ2) is 10.6. The summed E-state index contributed by atoms with van der Waals surface area (Å²) < 4.78 is 6.51. The number of likely N-dealkylation sites (tertiary alicyclic amines) is 1. The third kappa shape index (κ3) is 5.86. The Hall–Kier alpha value is -2.59. The fraction of sp³-hybridized carbons (Fsp3) is 0.455. The maximum Gasteiger partial charge on any atom is 0.407 e. The molecular weight excluding hydrogens is 514 g/mol. The number of alkyl carbamates (subject to hydrolysis) is 1. The van der Waals surface area contributed by atoms with Crippen LogP contribution in [0.4, 0.5) is 10.5 Å². The average molecular weight is 539 g/mol. The Morgan fingerprint density at radius 3 is 2.73 bits per heavy atom. The highest BCUT2D eigenvalue weighted by Crippen LogP contribution is 2.26. The molecule has 1 unspecified atom stereocenters. The summed E-state index contributed by atoms with van der Waals surface area (Å²) in [5, 5.41) is 9.08. The first kappa shape index (κ1) is 23.6. The monoisotopic (exact) mass is 537 g/mol. The zero-order chi connectivity index (χ0) is 23.4. The van der Waals surface area contributed by atoms with Crippen molar-refractivity contribution in [2.75, 3.05) is 31.1 Å². The number of benzene rings is 1. The van der Waals surface area contributed by atoms with Crippen molar-refractivity contribution in [1.82, 2.24) is 20.4 Å². The third-order valence-electron chi connectivity index (χ3n) is 6.01. The molecule has 2 saturated heterocycles. The van der Waals surface area contributed by atoms with Crippen LogP contribution in [0.5, 0.6) is 0 Å². The Morgan fingerprint density at radius 2 is 1.97 bits per heavy atom. The second-order valence-corrected chi connectivity index (χ2v) is 9.46. The lowest BCUT2D eigenvalue weighted by atomic mass is 10.0. The molecule has 176 valence electrons. The largest absolute Gasteiger partial charge is 0.444 e. The SMILES string of the molecule is O=C(NC1CCN(C(=O)Cc2ccccc2Br)CC1)OC1CCN(c2cn[nH]c(=O)c2Cl)C1. The molecule has 1 aromatic carbocycles. The van der Waals surface area contributed by atoms with Gasteiger partial charge in [-0.25, -0.2) is 9.89 Å². The molecule has 2 N–H and O–H groups in total. The molecule has 0 aliphatic carbocycles. The molecule has 1 atom stereocenters. The van der Waals surface area contributed by atoms with Gasteiger partial charge in [0.1, 0.15) is 11.1 Å². The number of nitrogens with one attached hydrogen (secondary N) is 2. The van der Waals surface area contributed by atoms with Crippen molar-refractivity contribution in [3.8, 4) is 0 Å². The minimum atomic E-state index is -0.463. The number of rotatable bonds is 5. The van der Waals surface area contributed by atoms with E-state index in [1.807, 2.05) is 34.1 Å². The van der Waals surface area contributed by atoms with Gasteiger partial charge < -0.3 is 19.9 Å². The molecule has 0 spiro atoms. The van der Waals surface area contributed by atoms with Crippen molar-refractivity contribution in [1.29, 1.82) is 0 Å². The van der Waals surface area contributed by atoms with Crippen LogP contribution in [0.1, 0.15) is 24.8 Å². The van der Waals surface area contributed by atoms with Crippen molar-refractivity contribution in [3.05, 3.63) is 55.9 Å². The van der Waals surface area contributed by atoms with E-state index in [9.17, 15) is 14.4 Å². The van der Waals surface area contributed by atoms with Gasteiger partial charge >= 0.3 is 6.09 Å². The zero-order valence-electron chi connectivity index (χ0n) is 17.9. The molecule has 0 radical (unpaired) electrons. The highest BCUT2D eigenvalue weighted by Gasteiger charge is 2.29. The molecule has 2 aliphatic rings. The molecule has 2 fully saturated rings.